The number of nitrogen functional groups attached to an aromatic ring is 1. The van der Waals surface area contributed by atoms with Crippen molar-refractivity contribution in [2.24, 2.45) is 0 Å². The van der Waals surface area contributed by atoms with Gasteiger partial charge in [-0.1, -0.05) is 0 Å². The summed E-state index contributed by atoms with van der Waals surface area (Å²) in [6.45, 7) is 2.83. The van der Waals surface area contributed by atoms with Crippen LogP contribution in [0.2, 0.25) is 0 Å². The first-order chi connectivity index (χ1) is 9.46. The first kappa shape index (κ1) is 13.6. The number of nitrogens with zero attached hydrogens (tertiary/aromatic N) is 1. The number of thiophene rings is 1. The smallest absolute Gasteiger partial charge is 0.243 e. The van der Waals surface area contributed by atoms with Crippen LogP contribution in [-0.4, -0.2) is 19.3 Å². The highest BCUT2D eigenvalue weighted by Gasteiger charge is 2.29. The number of aryl methyl sites for hydroxylation is 1. The largest absolute Gasteiger partial charge is 0.399 e. The van der Waals surface area contributed by atoms with Gasteiger partial charge in [0.1, 0.15) is 0 Å². The van der Waals surface area contributed by atoms with Crippen molar-refractivity contribution in [1.82, 2.24) is 4.31 Å². The number of hydrogen-bond acceptors (Lipinski definition) is 4. The van der Waals surface area contributed by atoms with Crippen molar-refractivity contribution in [3.63, 3.8) is 0 Å². The number of hydrogen-bond donors (Lipinski definition) is 1. The van der Waals surface area contributed by atoms with Gasteiger partial charge in [-0.15, -0.1) is 11.3 Å². The minimum Gasteiger partial charge on any atom is -0.399 e. The Labute approximate surface area is 122 Å². The van der Waals surface area contributed by atoms with Crippen molar-refractivity contribution in [2.45, 2.75) is 24.8 Å². The van der Waals surface area contributed by atoms with E-state index in [2.05, 4.69) is 0 Å². The fourth-order valence-electron chi connectivity index (χ4n) is 2.50. The Morgan fingerprint density at radius 1 is 1.30 bits per heavy atom. The van der Waals surface area contributed by atoms with E-state index in [1.54, 1.807) is 23.5 Å². The van der Waals surface area contributed by atoms with Crippen molar-refractivity contribution < 1.29 is 8.42 Å². The Morgan fingerprint density at radius 2 is 2.10 bits per heavy atom. The fraction of sp³-hybridized carbons (Fsp3) is 0.286. The Bertz CT molecular complexity index is 730. The van der Waals surface area contributed by atoms with Crippen LogP contribution in [-0.2, 0) is 23.0 Å². The molecule has 106 valence electrons. The van der Waals surface area contributed by atoms with E-state index in [0.717, 1.165) is 17.5 Å². The maximum atomic E-state index is 12.7. The number of rotatable bonds is 2. The Morgan fingerprint density at radius 3 is 2.85 bits per heavy atom. The van der Waals surface area contributed by atoms with Crippen molar-refractivity contribution in [1.29, 1.82) is 0 Å². The molecule has 3 rings (SSSR count). The van der Waals surface area contributed by atoms with Crippen molar-refractivity contribution >= 4 is 27.0 Å². The molecule has 2 heterocycles. The molecule has 0 saturated heterocycles. The van der Waals surface area contributed by atoms with Crippen LogP contribution in [0.3, 0.4) is 0 Å². The topological polar surface area (TPSA) is 63.4 Å². The quantitative estimate of drug-likeness (QED) is 0.866. The molecule has 2 N–H and O–H groups in total. The second-order valence-corrected chi connectivity index (χ2v) is 7.98. The summed E-state index contributed by atoms with van der Waals surface area (Å²) in [6.07, 6.45) is 0.785. The maximum Gasteiger partial charge on any atom is 0.243 e. The van der Waals surface area contributed by atoms with Crippen LogP contribution in [0.4, 0.5) is 5.69 Å². The highest BCUT2D eigenvalue weighted by molar-refractivity contribution is 7.89. The van der Waals surface area contributed by atoms with E-state index in [9.17, 15) is 8.42 Å². The van der Waals surface area contributed by atoms with Crippen molar-refractivity contribution in [2.75, 3.05) is 12.3 Å². The lowest BCUT2D eigenvalue weighted by molar-refractivity contribution is 0.394. The third kappa shape index (κ3) is 2.34. The van der Waals surface area contributed by atoms with E-state index < -0.39 is 10.0 Å². The lowest BCUT2D eigenvalue weighted by atomic mass is 10.1. The number of fused-ring (bicyclic) bond motifs is 1. The lowest BCUT2D eigenvalue weighted by Crippen LogP contribution is -2.35. The summed E-state index contributed by atoms with van der Waals surface area (Å²) in [6, 6.07) is 6.98. The summed E-state index contributed by atoms with van der Waals surface area (Å²) in [7, 11) is -3.47. The standard InChI is InChI=1S/C14H16N2O2S2/c1-10-6-12(15)8-13(7-10)20(17,18)16-4-2-14-11(9-16)3-5-19-14/h3,5-8H,2,4,9,15H2,1H3. The van der Waals surface area contributed by atoms with E-state index in [4.69, 9.17) is 5.73 Å². The van der Waals surface area contributed by atoms with E-state index in [-0.39, 0.29) is 4.90 Å². The average molecular weight is 308 g/mol. The van der Waals surface area contributed by atoms with E-state index >= 15 is 0 Å². The molecular weight excluding hydrogens is 292 g/mol. The molecule has 0 saturated carbocycles. The summed E-state index contributed by atoms with van der Waals surface area (Å²) in [4.78, 5) is 1.58. The molecule has 0 bridgehead atoms. The van der Waals surface area contributed by atoms with Crippen LogP contribution in [0.25, 0.3) is 0 Å². The monoisotopic (exact) mass is 308 g/mol. The van der Waals surface area contributed by atoms with Crippen LogP contribution in [0.15, 0.2) is 34.5 Å². The van der Waals surface area contributed by atoms with Gasteiger partial charge in [0, 0.05) is 23.7 Å². The highest BCUT2D eigenvalue weighted by Crippen LogP contribution is 2.29. The third-order valence-electron chi connectivity index (χ3n) is 3.48. The number of nitrogens with two attached hydrogens (primary N) is 1. The van der Waals surface area contributed by atoms with Crippen LogP contribution in [0.1, 0.15) is 16.0 Å². The molecule has 0 aliphatic carbocycles. The second kappa shape index (κ2) is 4.87. The normalized spacial score (nSPS) is 16.1. The number of benzene rings is 1. The molecule has 1 aliphatic heterocycles. The molecule has 1 aromatic heterocycles. The summed E-state index contributed by atoms with van der Waals surface area (Å²) in [5.74, 6) is 0. The first-order valence-electron chi connectivity index (χ1n) is 6.39. The zero-order chi connectivity index (χ0) is 14.3. The minimum absolute atomic E-state index is 0.286. The summed E-state index contributed by atoms with van der Waals surface area (Å²) in [5, 5.41) is 2.02. The van der Waals surface area contributed by atoms with Crippen LogP contribution in [0.5, 0.6) is 0 Å². The van der Waals surface area contributed by atoms with E-state index in [1.807, 2.05) is 18.4 Å². The number of anilines is 1. The Balaban J connectivity index is 1.97. The van der Waals surface area contributed by atoms with Gasteiger partial charge >= 0.3 is 0 Å². The zero-order valence-electron chi connectivity index (χ0n) is 11.2. The van der Waals surface area contributed by atoms with Gasteiger partial charge < -0.3 is 5.73 Å². The summed E-state index contributed by atoms with van der Waals surface area (Å²) < 4.78 is 26.9. The predicted octanol–water partition coefficient (Wildman–Crippen LogP) is 2.39. The Hall–Kier alpha value is -1.37. The zero-order valence-corrected chi connectivity index (χ0v) is 12.8. The fourth-order valence-corrected chi connectivity index (χ4v) is 4.95. The molecular formula is C14H16N2O2S2. The minimum atomic E-state index is -3.47. The van der Waals surface area contributed by atoms with Gasteiger partial charge in [-0.25, -0.2) is 8.42 Å². The lowest BCUT2D eigenvalue weighted by Gasteiger charge is -2.26. The first-order valence-corrected chi connectivity index (χ1v) is 8.71. The van der Waals surface area contributed by atoms with Crippen LogP contribution < -0.4 is 5.73 Å². The molecule has 0 unspecified atom stereocenters. The van der Waals surface area contributed by atoms with Gasteiger partial charge in [0.05, 0.1) is 4.90 Å². The maximum absolute atomic E-state index is 12.7. The molecule has 0 amide bonds. The highest BCUT2D eigenvalue weighted by atomic mass is 32.2. The molecule has 20 heavy (non-hydrogen) atoms. The molecule has 1 aliphatic rings. The molecule has 4 nitrogen and oxygen atoms in total. The van der Waals surface area contributed by atoms with Gasteiger partial charge in [-0.2, -0.15) is 4.31 Å². The molecule has 6 heteroatoms. The third-order valence-corrected chi connectivity index (χ3v) is 6.33. The van der Waals surface area contributed by atoms with Gasteiger partial charge in [0.15, 0.2) is 0 Å². The van der Waals surface area contributed by atoms with Crippen LogP contribution in [0, 0.1) is 6.92 Å². The van der Waals surface area contributed by atoms with E-state index in [0.29, 0.717) is 18.8 Å². The molecule has 0 spiro atoms. The summed E-state index contributed by atoms with van der Waals surface area (Å²) >= 11 is 1.70. The number of sulfonamides is 1. The van der Waals surface area contributed by atoms with Gasteiger partial charge in [0.25, 0.3) is 0 Å². The second-order valence-electron chi connectivity index (χ2n) is 5.04. The van der Waals surface area contributed by atoms with E-state index in [1.165, 1.54) is 15.2 Å². The van der Waals surface area contributed by atoms with Crippen molar-refractivity contribution in [3.8, 4) is 0 Å². The van der Waals surface area contributed by atoms with Gasteiger partial charge in [0.2, 0.25) is 10.0 Å². The molecule has 0 radical (unpaired) electrons. The van der Waals surface area contributed by atoms with Gasteiger partial charge in [-0.05, 0) is 54.1 Å². The molecule has 2 aromatic rings. The van der Waals surface area contributed by atoms with Gasteiger partial charge in [-0.3, -0.25) is 0 Å². The Kier molecular flexibility index (Phi) is 3.32. The molecule has 1 aromatic carbocycles. The SMILES string of the molecule is Cc1cc(N)cc(S(=O)(=O)N2CCc3sccc3C2)c1. The predicted molar refractivity (Wildman–Crippen MR) is 81.2 cm³/mol. The summed E-state index contributed by atoms with van der Waals surface area (Å²) in [5.41, 5.74) is 8.22. The molecule has 0 atom stereocenters. The average Bonchev–Trinajstić information content (AvgIpc) is 2.84. The molecule has 0 fully saturated rings. The van der Waals surface area contributed by atoms with Crippen molar-refractivity contribution in [3.05, 3.63) is 45.6 Å². The van der Waals surface area contributed by atoms with Crippen LogP contribution >= 0.6 is 11.3 Å².